The molecule has 0 radical (unpaired) electrons. The Hall–Kier alpha value is -2.48. The van der Waals surface area contributed by atoms with E-state index >= 15 is 0 Å². The SMILES string of the molecule is CN(Cc1cc([N+](=O)[O-])ccc1Cl)C(=O)CCCn1cncn1. The number of nitro benzene ring substituents is 1. The van der Waals surface area contributed by atoms with Crippen LogP contribution in [0, 0.1) is 10.1 Å². The van der Waals surface area contributed by atoms with Crippen LogP contribution in [0.15, 0.2) is 30.9 Å². The van der Waals surface area contributed by atoms with Crippen LogP contribution < -0.4 is 0 Å². The van der Waals surface area contributed by atoms with E-state index in [9.17, 15) is 14.9 Å². The molecule has 23 heavy (non-hydrogen) atoms. The summed E-state index contributed by atoms with van der Waals surface area (Å²) in [6.07, 6.45) is 4.02. The molecule has 0 bridgehead atoms. The number of halogens is 1. The summed E-state index contributed by atoms with van der Waals surface area (Å²) in [6, 6.07) is 4.20. The van der Waals surface area contributed by atoms with Gasteiger partial charge in [0.15, 0.2) is 0 Å². The zero-order chi connectivity index (χ0) is 16.8. The molecule has 0 unspecified atom stereocenters. The molecular weight excluding hydrogens is 322 g/mol. The second-order valence-electron chi connectivity index (χ2n) is 5.04. The number of aryl methyl sites for hydroxylation is 1. The van der Waals surface area contributed by atoms with Crippen LogP contribution in [0.25, 0.3) is 0 Å². The molecule has 0 N–H and O–H groups in total. The van der Waals surface area contributed by atoms with Crippen molar-refractivity contribution in [1.82, 2.24) is 19.7 Å². The summed E-state index contributed by atoms with van der Waals surface area (Å²) in [6.45, 7) is 0.833. The van der Waals surface area contributed by atoms with Crippen molar-refractivity contribution in [3.8, 4) is 0 Å². The van der Waals surface area contributed by atoms with Crippen molar-refractivity contribution < 1.29 is 9.72 Å². The van der Waals surface area contributed by atoms with Gasteiger partial charge in [-0.3, -0.25) is 19.6 Å². The fourth-order valence-electron chi connectivity index (χ4n) is 2.07. The molecule has 8 nitrogen and oxygen atoms in total. The highest BCUT2D eigenvalue weighted by Crippen LogP contribution is 2.23. The minimum atomic E-state index is -0.486. The number of hydrogen-bond donors (Lipinski definition) is 0. The van der Waals surface area contributed by atoms with E-state index in [1.807, 2.05) is 0 Å². The van der Waals surface area contributed by atoms with Gasteiger partial charge in [-0.05, 0) is 18.1 Å². The highest BCUT2D eigenvalue weighted by molar-refractivity contribution is 6.31. The molecule has 0 aliphatic heterocycles. The van der Waals surface area contributed by atoms with Gasteiger partial charge in [-0.2, -0.15) is 5.10 Å². The Morgan fingerprint density at radius 3 is 2.91 bits per heavy atom. The zero-order valence-electron chi connectivity index (χ0n) is 12.6. The minimum absolute atomic E-state index is 0.0450. The average Bonchev–Trinajstić information content (AvgIpc) is 3.02. The Labute approximate surface area is 137 Å². The number of nitrogens with zero attached hydrogens (tertiary/aromatic N) is 5. The lowest BCUT2D eigenvalue weighted by atomic mass is 10.2. The first-order valence-corrected chi connectivity index (χ1v) is 7.34. The molecule has 0 fully saturated rings. The van der Waals surface area contributed by atoms with Crippen molar-refractivity contribution in [2.75, 3.05) is 7.05 Å². The Morgan fingerprint density at radius 1 is 1.48 bits per heavy atom. The molecule has 9 heteroatoms. The Kier molecular flexibility index (Phi) is 5.64. The van der Waals surface area contributed by atoms with Gasteiger partial charge in [-0.25, -0.2) is 4.98 Å². The Bertz CT molecular complexity index is 690. The van der Waals surface area contributed by atoms with Gasteiger partial charge in [0.25, 0.3) is 5.69 Å². The predicted molar refractivity (Wildman–Crippen MR) is 83.8 cm³/mol. The van der Waals surface area contributed by atoms with E-state index < -0.39 is 4.92 Å². The molecule has 122 valence electrons. The van der Waals surface area contributed by atoms with Crippen LogP contribution in [0.1, 0.15) is 18.4 Å². The van der Waals surface area contributed by atoms with Crippen molar-refractivity contribution in [1.29, 1.82) is 0 Å². The maximum absolute atomic E-state index is 12.1. The fourth-order valence-corrected chi connectivity index (χ4v) is 2.25. The third kappa shape index (κ3) is 4.75. The highest BCUT2D eigenvalue weighted by atomic mass is 35.5. The van der Waals surface area contributed by atoms with Crippen molar-refractivity contribution in [2.45, 2.75) is 25.9 Å². The molecule has 1 heterocycles. The quantitative estimate of drug-likeness (QED) is 0.570. The van der Waals surface area contributed by atoms with E-state index in [2.05, 4.69) is 10.1 Å². The van der Waals surface area contributed by atoms with Crippen LogP contribution in [0.4, 0.5) is 5.69 Å². The van der Waals surface area contributed by atoms with Gasteiger partial charge in [-0.1, -0.05) is 11.6 Å². The number of hydrogen-bond acceptors (Lipinski definition) is 5. The molecular formula is C14H16ClN5O3. The summed E-state index contributed by atoms with van der Waals surface area (Å²) in [5, 5.41) is 15.2. The summed E-state index contributed by atoms with van der Waals surface area (Å²) in [5.74, 6) is -0.0623. The molecule has 0 aliphatic carbocycles. The molecule has 0 saturated heterocycles. The van der Waals surface area contributed by atoms with Crippen molar-refractivity contribution in [3.63, 3.8) is 0 Å². The van der Waals surface area contributed by atoms with E-state index in [-0.39, 0.29) is 18.1 Å². The van der Waals surface area contributed by atoms with Crippen LogP contribution in [-0.4, -0.2) is 37.5 Å². The van der Waals surface area contributed by atoms with E-state index in [1.54, 1.807) is 18.1 Å². The lowest BCUT2D eigenvalue weighted by molar-refractivity contribution is -0.384. The van der Waals surface area contributed by atoms with Crippen molar-refractivity contribution >= 4 is 23.2 Å². The lowest BCUT2D eigenvalue weighted by Gasteiger charge is -2.18. The van der Waals surface area contributed by atoms with Gasteiger partial charge < -0.3 is 4.90 Å². The number of carbonyl (C=O) groups is 1. The van der Waals surface area contributed by atoms with E-state index in [0.717, 1.165) is 0 Å². The molecule has 0 spiro atoms. The topological polar surface area (TPSA) is 94.2 Å². The average molecular weight is 338 g/mol. The minimum Gasteiger partial charge on any atom is -0.341 e. The standard InChI is InChI=1S/C14H16ClN5O3/c1-18(14(21)3-2-6-19-10-16-9-17-19)8-11-7-12(20(22)23)4-5-13(11)15/h4-5,7,9-10H,2-3,6,8H2,1H3. The summed E-state index contributed by atoms with van der Waals surface area (Å²) < 4.78 is 1.66. The van der Waals surface area contributed by atoms with Crippen LogP contribution in [-0.2, 0) is 17.9 Å². The number of aromatic nitrogens is 3. The third-order valence-corrected chi connectivity index (χ3v) is 3.69. The second kappa shape index (κ2) is 7.68. The van der Waals surface area contributed by atoms with Crippen LogP contribution >= 0.6 is 11.6 Å². The molecule has 2 rings (SSSR count). The summed E-state index contributed by atoms with van der Waals surface area (Å²) >= 11 is 6.04. The molecule has 0 aliphatic rings. The van der Waals surface area contributed by atoms with Gasteiger partial charge in [0.2, 0.25) is 5.91 Å². The van der Waals surface area contributed by atoms with Gasteiger partial charge in [-0.15, -0.1) is 0 Å². The zero-order valence-corrected chi connectivity index (χ0v) is 13.3. The van der Waals surface area contributed by atoms with Crippen molar-refractivity contribution in [3.05, 3.63) is 51.6 Å². The van der Waals surface area contributed by atoms with Crippen molar-refractivity contribution in [2.24, 2.45) is 0 Å². The molecule has 0 atom stereocenters. The number of carbonyl (C=O) groups excluding carboxylic acids is 1. The van der Waals surface area contributed by atoms with Gasteiger partial charge >= 0.3 is 0 Å². The molecule has 1 aromatic heterocycles. The molecule has 2 aromatic rings. The van der Waals surface area contributed by atoms with E-state index in [4.69, 9.17) is 11.6 Å². The summed E-state index contributed by atoms with van der Waals surface area (Å²) in [7, 11) is 1.65. The van der Waals surface area contributed by atoms with E-state index in [1.165, 1.54) is 29.4 Å². The largest absolute Gasteiger partial charge is 0.341 e. The monoisotopic (exact) mass is 337 g/mol. The fraction of sp³-hybridized carbons (Fsp3) is 0.357. The molecule has 0 saturated carbocycles. The smallest absolute Gasteiger partial charge is 0.269 e. The Morgan fingerprint density at radius 2 is 2.26 bits per heavy atom. The first-order chi connectivity index (χ1) is 11.0. The predicted octanol–water partition coefficient (Wildman–Crippen LogP) is 2.28. The first-order valence-electron chi connectivity index (χ1n) is 6.96. The van der Waals surface area contributed by atoms with Crippen LogP contribution in [0.3, 0.4) is 0 Å². The van der Waals surface area contributed by atoms with Crippen LogP contribution in [0.2, 0.25) is 5.02 Å². The summed E-state index contributed by atoms with van der Waals surface area (Å²) in [4.78, 5) is 27.8. The number of amides is 1. The number of rotatable bonds is 7. The van der Waals surface area contributed by atoms with Gasteiger partial charge in [0, 0.05) is 43.7 Å². The Balaban J connectivity index is 1.90. The molecule has 1 aromatic carbocycles. The molecule has 1 amide bonds. The number of non-ortho nitro benzene ring substituents is 1. The van der Waals surface area contributed by atoms with Gasteiger partial charge in [0.05, 0.1) is 4.92 Å². The van der Waals surface area contributed by atoms with Crippen LogP contribution in [0.5, 0.6) is 0 Å². The second-order valence-corrected chi connectivity index (χ2v) is 5.45. The normalized spacial score (nSPS) is 10.5. The first kappa shape index (κ1) is 16.9. The lowest BCUT2D eigenvalue weighted by Crippen LogP contribution is -2.26. The summed E-state index contributed by atoms with van der Waals surface area (Å²) in [5.41, 5.74) is 0.504. The maximum Gasteiger partial charge on any atom is 0.269 e. The number of benzene rings is 1. The highest BCUT2D eigenvalue weighted by Gasteiger charge is 2.14. The van der Waals surface area contributed by atoms with E-state index in [0.29, 0.717) is 30.0 Å². The maximum atomic E-state index is 12.1. The number of nitro groups is 1. The van der Waals surface area contributed by atoms with Gasteiger partial charge in [0.1, 0.15) is 12.7 Å². The third-order valence-electron chi connectivity index (χ3n) is 3.32.